The second kappa shape index (κ2) is 8.05. The first kappa shape index (κ1) is 15.9. The van der Waals surface area contributed by atoms with Crippen molar-refractivity contribution >= 4 is 23.1 Å². The first-order valence-electron chi connectivity index (χ1n) is 7.24. The number of amides is 1. The molecule has 21 heavy (non-hydrogen) atoms. The molecule has 0 saturated carbocycles. The number of aromatic nitrogens is 1. The van der Waals surface area contributed by atoms with Crippen molar-refractivity contribution in [2.24, 2.45) is 5.73 Å². The van der Waals surface area contributed by atoms with Crippen LogP contribution in [0.25, 0.3) is 0 Å². The number of ether oxygens (including phenoxy) is 1. The molecule has 0 radical (unpaired) electrons. The summed E-state index contributed by atoms with van der Waals surface area (Å²) in [7, 11) is 0. The molecule has 1 aliphatic heterocycles. The molecule has 114 valence electrons. The van der Waals surface area contributed by atoms with Crippen LogP contribution in [0.15, 0.2) is 24.5 Å². The Kier molecular flexibility index (Phi) is 6.07. The first-order chi connectivity index (χ1) is 10.2. The van der Waals surface area contributed by atoms with E-state index in [1.54, 1.807) is 17.3 Å². The summed E-state index contributed by atoms with van der Waals surface area (Å²) in [6, 6.07) is 3.82. The fourth-order valence-electron chi connectivity index (χ4n) is 2.36. The zero-order valence-corrected chi connectivity index (χ0v) is 12.8. The number of hydrogen-bond acceptors (Lipinski definition) is 4. The SMILES string of the molecule is NC(=S)CCN(Cc1cccnc1)C(=O)C1CCCCO1. The highest BCUT2D eigenvalue weighted by atomic mass is 32.1. The van der Waals surface area contributed by atoms with Gasteiger partial charge in [-0.15, -0.1) is 0 Å². The number of nitrogens with zero attached hydrogens (tertiary/aromatic N) is 2. The summed E-state index contributed by atoms with van der Waals surface area (Å²) < 4.78 is 5.59. The number of nitrogens with two attached hydrogens (primary N) is 1. The van der Waals surface area contributed by atoms with Crippen LogP contribution in [0.3, 0.4) is 0 Å². The van der Waals surface area contributed by atoms with E-state index >= 15 is 0 Å². The predicted octanol–water partition coefficient (Wildman–Crippen LogP) is 1.66. The second-order valence-electron chi connectivity index (χ2n) is 5.19. The Bertz CT molecular complexity index is 475. The van der Waals surface area contributed by atoms with Gasteiger partial charge in [-0.1, -0.05) is 18.3 Å². The molecule has 5 nitrogen and oxygen atoms in total. The number of hydrogen-bond donors (Lipinski definition) is 1. The van der Waals surface area contributed by atoms with Crippen molar-refractivity contribution in [1.82, 2.24) is 9.88 Å². The summed E-state index contributed by atoms with van der Waals surface area (Å²) in [6.07, 6.45) is 6.52. The van der Waals surface area contributed by atoms with Gasteiger partial charge in [0.15, 0.2) is 0 Å². The van der Waals surface area contributed by atoms with Crippen LogP contribution in [-0.2, 0) is 16.1 Å². The Morgan fingerprint density at radius 1 is 1.52 bits per heavy atom. The average molecular weight is 307 g/mol. The molecule has 1 aromatic heterocycles. The van der Waals surface area contributed by atoms with Gasteiger partial charge >= 0.3 is 0 Å². The highest BCUT2D eigenvalue weighted by Gasteiger charge is 2.26. The molecule has 0 aromatic carbocycles. The minimum Gasteiger partial charge on any atom is -0.393 e. The first-order valence-corrected chi connectivity index (χ1v) is 7.65. The average Bonchev–Trinajstić information content (AvgIpc) is 2.52. The second-order valence-corrected chi connectivity index (χ2v) is 5.72. The lowest BCUT2D eigenvalue weighted by molar-refractivity contribution is -0.147. The van der Waals surface area contributed by atoms with Gasteiger partial charge < -0.3 is 15.4 Å². The number of rotatable bonds is 6. The van der Waals surface area contributed by atoms with Crippen LogP contribution in [0.2, 0.25) is 0 Å². The van der Waals surface area contributed by atoms with E-state index in [9.17, 15) is 4.79 Å². The van der Waals surface area contributed by atoms with E-state index in [0.29, 0.717) is 31.1 Å². The monoisotopic (exact) mass is 307 g/mol. The number of thiocarbonyl (C=S) groups is 1. The molecular weight excluding hydrogens is 286 g/mol. The maximum atomic E-state index is 12.6. The third kappa shape index (κ3) is 5.06. The van der Waals surface area contributed by atoms with E-state index in [-0.39, 0.29) is 12.0 Å². The topological polar surface area (TPSA) is 68.5 Å². The summed E-state index contributed by atoms with van der Waals surface area (Å²) in [6.45, 7) is 1.69. The predicted molar refractivity (Wildman–Crippen MR) is 84.6 cm³/mol. The molecule has 0 bridgehead atoms. The van der Waals surface area contributed by atoms with Crippen molar-refractivity contribution in [2.75, 3.05) is 13.2 Å². The molecule has 6 heteroatoms. The molecule has 1 aliphatic rings. The van der Waals surface area contributed by atoms with Crippen molar-refractivity contribution in [1.29, 1.82) is 0 Å². The molecule has 2 heterocycles. The van der Waals surface area contributed by atoms with Crippen molar-refractivity contribution in [3.63, 3.8) is 0 Å². The molecule has 1 aromatic rings. The van der Waals surface area contributed by atoms with Crippen molar-refractivity contribution < 1.29 is 9.53 Å². The van der Waals surface area contributed by atoms with Crippen molar-refractivity contribution in [2.45, 2.75) is 38.3 Å². The zero-order chi connectivity index (χ0) is 15.1. The maximum Gasteiger partial charge on any atom is 0.252 e. The standard InChI is InChI=1S/C15H21N3O2S/c16-14(21)6-8-18(11-12-4-3-7-17-10-12)15(19)13-5-1-2-9-20-13/h3-4,7,10,13H,1-2,5-6,8-9,11H2,(H2,16,21). The zero-order valence-electron chi connectivity index (χ0n) is 12.0. The van der Waals surface area contributed by atoms with E-state index in [0.717, 1.165) is 24.8 Å². The molecular formula is C15H21N3O2S. The molecule has 1 atom stereocenters. The highest BCUT2D eigenvalue weighted by molar-refractivity contribution is 7.80. The lowest BCUT2D eigenvalue weighted by atomic mass is 10.1. The van der Waals surface area contributed by atoms with Crippen LogP contribution < -0.4 is 5.73 Å². The van der Waals surface area contributed by atoms with Crippen LogP contribution in [-0.4, -0.2) is 40.0 Å². The van der Waals surface area contributed by atoms with E-state index in [1.807, 2.05) is 12.1 Å². The summed E-state index contributed by atoms with van der Waals surface area (Å²) >= 11 is 4.92. The van der Waals surface area contributed by atoms with Gasteiger partial charge in [0.1, 0.15) is 6.10 Å². The van der Waals surface area contributed by atoms with E-state index < -0.39 is 0 Å². The maximum absolute atomic E-state index is 12.6. The van der Waals surface area contributed by atoms with Crippen LogP contribution in [0, 0.1) is 0 Å². The van der Waals surface area contributed by atoms with E-state index in [1.165, 1.54) is 0 Å². The van der Waals surface area contributed by atoms with Crippen LogP contribution in [0.5, 0.6) is 0 Å². The Morgan fingerprint density at radius 3 is 3.00 bits per heavy atom. The largest absolute Gasteiger partial charge is 0.393 e. The summed E-state index contributed by atoms with van der Waals surface area (Å²) in [5, 5.41) is 0. The Labute approximate surface area is 130 Å². The smallest absolute Gasteiger partial charge is 0.252 e. The summed E-state index contributed by atoms with van der Waals surface area (Å²) in [4.78, 5) is 18.9. The molecule has 2 N–H and O–H groups in total. The van der Waals surface area contributed by atoms with Gasteiger partial charge in [-0.2, -0.15) is 0 Å². The molecule has 0 aliphatic carbocycles. The third-order valence-electron chi connectivity index (χ3n) is 3.49. The summed E-state index contributed by atoms with van der Waals surface area (Å²) in [5.74, 6) is 0.0230. The normalized spacial score (nSPS) is 18.2. The van der Waals surface area contributed by atoms with Gasteiger partial charge in [-0.3, -0.25) is 9.78 Å². The minimum absolute atomic E-state index is 0.0230. The van der Waals surface area contributed by atoms with Gasteiger partial charge in [-0.05, 0) is 30.9 Å². The Hall–Kier alpha value is -1.53. The van der Waals surface area contributed by atoms with Crippen LogP contribution in [0.4, 0.5) is 0 Å². The number of carbonyl (C=O) groups excluding carboxylic acids is 1. The fraction of sp³-hybridized carbons (Fsp3) is 0.533. The lowest BCUT2D eigenvalue weighted by Gasteiger charge is -2.29. The van der Waals surface area contributed by atoms with Gasteiger partial charge in [0.05, 0.1) is 4.99 Å². The molecule has 1 fully saturated rings. The van der Waals surface area contributed by atoms with Gasteiger partial charge in [0, 0.05) is 38.5 Å². The van der Waals surface area contributed by atoms with E-state index in [4.69, 9.17) is 22.7 Å². The van der Waals surface area contributed by atoms with Gasteiger partial charge in [0.2, 0.25) is 0 Å². The van der Waals surface area contributed by atoms with Crippen molar-refractivity contribution in [3.05, 3.63) is 30.1 Å². The quantitative estimate of drug-likeness (QED) is 0.810. The third-order valence-corrected chi connectivity index (χ3v) is 3.70. The molecule has 1 saturated heterocycles. The number of carbonyl (C=O) groups is 1. The fourth-order valence-corrected chi connectivity index (χ4v) is 2.45. The Balaban J connectivity index is 2.03. The molecule has 1 unspecified atom stereocenters. The minimum atomic E-state index is -0.332. The lowest BCUT2D eigenvalue weighted by Crippen LogP contribution is -2.42. The van der Waals surface area contributed by atoms with Crippen LogP contribution >= 0.6 is 12.2 Å². The Morgan fingerprint density at radius 2 is 2.38 bits per heavy atom. The highest BCUT2D eigenvalue weighted by Crippen LogP contribution is 2.16. The van der Waals surface area contributed by atoms with Crippen molar-refractivity contribution in [3.8, 4) is 0 Å². The van der Waals surface area contributed by atoms with E-state index in [2.05, 4.69) is 4.98 Å². The summed E-state index contributed by atoms with van der Waals surface area (Å²) in [5.41, 5.74) is 6.55. The van der Waals surface area contributed by atoms with Crippen LogP contribution in [0.1, 0.15) is 31.2 Å². The molecule has 0 spiro atoms. The number of pyridine rings is 1. The van der Waals surface area contributed by atoms with Gasteiger partial charge in [-0.25, -0.2) is 0 Å². The van der Waals surface area contributed by atoms with Gasteiger partial charge in [0.25, 0.3) is 5.91 Å². The molecule has 2 rings (SSSR count). The molecule has 1 amide bonds.